The molecule has 1 fully saturated rings. The molecule has 4 heterocycles. The van der Waals surface area contributed by atoms with Crippen molar-refractivity contribution in [1.82, 2.24) is 25.0 Å². The molecule has 0 atom stereocenters. The van der Waals surface area contributed by atoms with E-state index < -0.39 is 0 Å². The molecule has 0 radical (unpaired) electrons. The average Bonchev–Trinajstić information content (AvgIpc) is 3.51. The Bertz CT molecular complexity index is 1270. The molecule has 10 heteroatoms. The second kappa shape index (κ2) is 9.62. The van der Waals surface area contributed by atoms with Crippen LogP contribution in [0.4, 0.5) is 5.13 Å². The maximum absolute atomic E-state index is 13.1. The molecule has 2 N–H and O–H groups in total. The first-order chi connectivity index (χ1) is 16.6. The van der Waals surface area contributed by atoms with Gasteiger partial charge in [-0.1, -0.05) is 12.2 Å². The number of hydrogen-bond acceptors (Lipinski definition) is 7. The lowest BCUT2D eigenvalue weighted by Crippen LogP contribution is -2.40. The molecule has 0 bridgehead atoms. The molecule has 2 amide bonds. The number of aromatic nitrogens is 3. The zero-order chi connectivity index (χ0) is 23.5. The summed E-state index contributed by atoms with van der Waals surface area (Å²) in [4.78, 5) is 32.1. The number of anilines is 1. The van der Waals surface area contributed by atoms with E-state index in [-0.39, 0.29) is 11.8 Å². The summed E-state index contributed by atoms with van der Waals surface area (Å²) in [5, 5.41) is 13.0. The number of nitrogens with one attached hydrogen (secondary N) is 2. The fourth-order valence-corrected chi connectivity index (χ4v) is 4.51. The van der Waals surface area contributed by atoms with E-state index in [1.807, 2.05) is 30.5 Å². The molecule has 3 aromatic rings. The maximum Gasteiger partial charge on any atom is 0.276 e. The van der Waals surface area contributed by atoms with Crippen LogP contribution in [0.5, 0.6) is 0 Å². The fourth-order valence-electron chi connectivity index (χ4n) is 3.80. The van der Waals surface area contributed by atoms with Crippen LogP contribution in [-0.2, 0) is 4.74 Å². The Morgan fingerprint density at radius 3 is 2.71 bits per heavy atom. The number of thiazole rings is 1. The van der Waals surface area contributed by atoms with Crippen molar-refractivity contribution in [2.75, 3.05) is 38.2 Å². The van der Waals surface area contributed by atoms with Crippen LogP contribution in [-0.4, -0.2) is 64.3 Å². The number of allylic oxidation sites excluding steroid dienone is 2. The smallest absolute Gasteiger partial charge is 0.276 e. The van der Waals surface area contributed by atoms with Gasteiger partial charge in [0, 0.05) is 30.6 Å². The molecule has 0 unspecified atom stereocenters. The van der Waals surface area contributed by atoms with Crippen molar-refractivity contribution in [3.8, 4) is 5.69 Å². The number of benzene rings is 1. The predicted molar refractivity (Wildman–Crippen MR) is 130 cm³/mol. The number of morpholine rings is 1. The third kappa shape index (κ3) is 4.63. The quantitative estimate of drug-likeness (QED) is 0.587. The van der Waals surface area contributed by atoms with Gasteiger partial charge in [-0.15, -0.1) is 11.3 Å². The van der Waals surface area contributed by atoms with E-state index in [9.17, 15) is 9.59 Å². The molecular formula is C24H24N6O3S. The number of nitrogens with zero attached hydrogens (tertiary/aromatic N) is 4. The lowest BCUT2D eigenvalue weighted by Gasteiger charge is -2.26. The Morgan fingerprint density at radius 1 is 1.18 bits per heavy atom. The lowest BCUT2D eigenvalue weighted by molar-refractivity contribution is 0.0303. The van der Waals surface area contributed by atoms with Crippen LogP contribution in [0.2, 0.25) is 0 Å². The van der Waals surface area contributed by atoms with Crippen LogP contribution in [0.25, 0.3) is 11.4 Å². The molecule has 34 heavy (non-hydrogen) atoms. The first kappa shape index (κ1) is 22.1. The van der Waals surface area contributed by atoms with Gasteiger partial charge >= 0.3 is 0 Å². The van der Waals surface area contributed by atoms with Gasteiger partial charge in [0.1, 0.15) is 5.69 Å². The van der Waals surface area contributed by atoms with Gasteiger partial charge in [-0.2, -0.15) is 5.10 Å². The van der Waals surface area contributed by atoms with E-state index in [1.165, 1.54) is 11.3 Å². The molecular weight excluding hydrogens is 452 g/mol. The normalized spacial score (nSPS) is 15.6. The van der Waals surface area contributed by atoms with Gasteiger partial charge in [0.05, 0.1) is 36.0 Å². The zero-order valence-corrected chi connectivity index (χ0v) is 19.5. The Balaban J connectivity index is 1.32. The Hall–Kier alpha value is -3.76. The minimum Gasteiger partial charge on any atom is -0.380 e. The van der Waals surface area contributed by atoms with Crippen LogP contribution >= 0.6 is 11.3 Å². The molecule has 0 saturated carbocycles. The van der Waals surface area contributed by atoms with E-state index >= 15 is 0 Å². The molecule has 174 valence electrons. The molecule has 1 saturated heterocycles. The van der Waals surface area contributed by atoms with Gasteiger partial charge in [0.15, 0.2) is 5.13 Å². The summed E-state index contributed by atoms with van der Waals surface area (Å²) in [5.74, 6) is -0.331. The molecule has 2 aliphatic rings. The number of rotatable bonds is 5. The summed E-state index contributed by atoms with van der Waals surface area (Å²) in [5.41, 5.74) is 4.10. The summed E-state index contributed by atoms with van der Waals surface area (Å²) >= 11 is 1.36. The topological polar surface area (TPSA) is 101 Å². The minimum absolute atomic E-state index is 0.0258. The monoisotopic (exact) mass is 476 g/mol. The highest BCUT2D eigenvalue weighted by atomic mass is 32.1. The Morgan fingerprint density at radius 2 is 1.97 bits per heavy atom. The van der Waals surface area contributed by atoms with Gasteiger partial charge < -0.3 is 15.0 Å². The van der Waals surface area contributed by atoms with Crippen LogP contribution in [0.1, 0.15) is 32.2 Å². The Labute approximate surface area is 200 Å². The van der Waals surface area contributed by atoms with Crippen LogP contribution in [0.3, 0.4) is 0 Å². The number of carbonyl (C=O) groups is 2. The minimum atomic E-state index is -0.305. The van der Waals surface area contributed by atoms with Crippen molar-refractivity contribution in [2.45, 2.75) is 6.92 Å². The molecule has 2 aliphatic heterocycles. The number of hydrogen-bond donors (Lipinski definition) is 2. The summed E-state index contributed by atoms with van der Waals surface area (Å²) in [6.07, 6.45) is 5.95. The standard InChI is InChI=1S/C24H24N6O3S/c1-16-14-21(22(31)27-24-26-20(15-34-24)19-4-2-3-9-25-19)30(28-16)18-7-5-17(6-8-18)23(32)29-10-12-33-13-11-29/h2-8,14-15,25H,9-13H2,1H3,(H,26,27,31). The highest BCUT2D eigenvalue weighted by Crippen LogP contribution is 2.23. The summed E-state index contributed by atoms with van der Waals surface area (Å²) in [7, 11) is 0. The highest BCUT2D eigenvalue weighted by molar-refractivity contribution is 7.14. The first-order valence-corrected chi connectivity index (χ1v) is 11.9. The van der Waals surface area contributed by atoms with Gasteiger partial charge in [-0.3, -0.25) is 14.9 Å². The number of aryl methyl sites for hydroxylation is 1. The van der Waals surface area contributed by atoms with Crippen LogP contribution in [0.15, 0.2) is 53.9 Å². The Kier molecular flexibility index (Phi) is 6.24. The fraction of sp³-hybridized carbons (Fsp3) is 0.250. The van der Waals surface area contributed by atoms with Crippen LogP contribution in [0, 0.1) is 6.92 Å². The summed E-state index contributed by atoms with van der Waals surface area (Å²) in [6, 6.07) is 8.85. The third-order valence-corrected chi connectivity index (χ3v) is 6.29. The van der Waals surface area contributed by atoms with E-state index in [0.29, 0.717) is 54.1 Å². The average molecular weight is 477 g/mol. The second-order valence-corrected chi connectivity index (χ2v) is 8.77. The number of ether oxygens (including phenoxy) is 1. The van der Waals surface area contributed by atoms with Crippen LogP contribution < -0.4 is 10.6 Å². The molecule has 0 spiro atoms. The molecule has 5 rings (SSSR count). The van der Waals surface area contributed by atoms with E-state index in [2.05, 4.69) is 20.7 Å². The predicted octanol–water partition coefficient (Wildman–Crippen LogP) is 2.86. The first-order valence-electron chi connectivity index (χ1n) is 11.0. The second-order valence-electron chi connectivity index (χ2n) is 7.92. The van der Waals surface area contributed by atoms with Crippen molar-refractivity contribution in [2.24, 2.45) is 0 Å². The number of amides is 2. The highest BCUT2D eigenvalue weighted by Gasteiger charge is 2.20. The van der Waals surface area contributed by atoms with Gasteiger partial charge in [-0.25, -0.2) is 9.67 Å². The van der Waals surface area contributed by atoms with E-state index in [0.717, 1.165) is 17.9 Å². The lowest BCUT2D eigenvalue weighted by atomic mass is 10.1. The maximum atomic E-state index is 13.1. The number of carbonyl (C=O) groups excluding carboxylic acids is 2. The molecule has 1 aromatic carbocycles. The van der Waals surface area contributed by atoms with Crippen molar-refractivity contribution in [3.05, 3.63) is 76.6 Å². The molecule has 9 nitrogen and oxygen atoms in total. The number of dihydropyridines is 1. The third-order valence-electron chi connectivity index (χ3n) is 5.53. The molecule has 2 aromatic heterocycles. The van der Waals surface area contributed by atoms with Crippen molar-refractivity contribution < 1.29 is 14.3 Å². The van der Waals surface area contributed by atoms with E-state index in [4.69, 9.17) is 4.74 Å². The van der Waals surface area contributed by atoms with Gasteiger partial charge in [0.25, 0.3) is 11.8 Å². The zero-order valence-electron chi connectivity index (χ0n) is 18.7. The van der Waals surface area contributed by atoms with Crippen molar-refractivity contribution >= 4 is 34.0 Å². The van der Waals surface area contributed by atoms with Gasteiger partial charge in [-0.05, 0) is 43.3 Å². The SMILES string of the molecule is Cc1cc(C(=O)Nc2nc(C3=CC=CCN3)cs2)n(-c2ccc(C(=O)N3CCOCC3)cc2)n1. The largest absolute Gasteiger partial charge is 0.380 e. The van der Waals surface area contributed by atoms with E-state index in [1.54, 1.807) is 39.9 Å². The van der Waals surface area contributed by atoms with Crippen molar-refractivity contribution in [1.29, 1.82) is 0 Å². The van der Waals surface area contributed by atoms with Gasteiger partial charge in [0.2, 0.25) is 0 Å². The summed E-state index contributed by atoms with van der Waals surface area (Å²) in [6.45, 7) is 4.87. The van der Waals surface area contributed by atoms with Crippen molar-refractivity contribution in [3.63, 3.8) is 0 Å². The molecule has 0 aliphatic carbocycles. The summed E-state index contributed by atoms with van der Waals surface area (Å²) < 4.78 is 6.90.